The van der Waals surface area contributed by atoms with Gasteiger partial charge in [0.25, 0.3) is 0 Å². The van der Waals surface area contributed by atoms with Crippen LogP contribution in [0.25, 0.3) is 0 Å². The highest BCUT2D eigenvalue weighted by Gasteiger charge is 2.31. The molecule has 0 aromatic carbocycles. The second-order valence-corrected chi connectivity index (χ2v) is 7.06. The SMILES string of the molecule is CCN(C(=O)CSc1nc(C)c(CC(=O)O)s1)C1CC1. The van der Waals surface area contributed by atoms with Crippen LogP contribution in [0.2, 0.25) is 0 Å². The summed E-state index contributed by atoms with van der Waals surface area (Å²) < 4.78 is 0.777. The molecule has 110 valence electrons. The summed E-state index contributed by atoms with van der Waals surface area (Å²) in [5.74, 6) is -0.327. The molecule has 1 aliphatic carbocycles. The van der Waals surface area contributed by atoms with E-state index in [4.69, 9.17) is 5.11 Å². The summed E-state index contributed by atoms with van der Waals surface area (Å²) in [5.41, 5.74) is 0.752. The highest BCUT2D eigenvalue weighted by atomic mass is 32.2. The number of thiazole rings is 1. The van der Waals surface area contributed by atoms with Crippen LogP contribution in [-0.4, -0.2) is 45.2 Å². The van der Waals surface area contributed by atoms with Gasteiger partial charge in [-0.25, -0.2) is 4.98 Å². The van der Waals surface area contributed by atoms with Crippen LogP contribution in [0, 0.1) is 6.92 Å². The van der Waals surface area contributed by atoms with Gasteiger partial charge in [0.2, 0.25) is 5.91 Å². The number of carboxylic acid groups (broad SMARTS) is 1. The van der Waals surface area contributed by atoms with E-state index in [9.17, 15) is 9.59 Å². The lowest BCUT2D eigenvalue weighted by atomic mass is 10.3. The molecule has 1 heterocycles. The minimum absolute atomic E-state index is 0.00116. The summed E-state index contributed by atoms with van der Waals surface area (Å²) in [6, 6.07) is 0.439. The van der Waals surface area contributed by atoms with Crippen molar-refractivity contribution >= 4 is 35.0 Å². The van der Waals surface area contributed by atoms with Crippen LogP contribution in [0.1, 0.15) is 30.3 Å². The Bertz CT molecular complexity index is 512. The van der Waals surface area contributed by atoms with Gasteiger partial charge >= 0.3 is 5.97 Å². The van der Waals surface area contributed by atoms with Gasteiger partial charge in [-0.1, -0.05) is 11.8 Å². The van der Waals surface area contributed by atoms with Crippen molar-refractivity contribution in [2.75, 3.05) is 12.3 Å². The fourth-order valence-electron chi connectivity index (χ4n) is 2.00. The van der Waals surface area contributed by atoms with E-state index in [0.29, 0.717) is 11.8 Å². The van der Waals surface area contributed by atoms with Gasteiger partial charge in [-0.15, -0.1) is 11.3 Å². The predicted molar refractivity (Wildman–Crippen MR) is 79.3 cm³/mol. The second-order valence-electron chi connectivity index (χ2n) is 4.76. The number of carbonyl (C=O) groups is 2. The molecule has 2 rings (SSSR count). The van der Waals surface area contributed by atoms with E-state index in [1.165, 1.54) is 23.1 Å². The van der Waals surface area contributed by atoms with Gasteiger partial charge in [0.1, 0.15) is 0 Å². The van der Waals surface area contributed by atoms with Gasteiger partial charge < -0.3 is 10.0 Å². The molecule has 1 saturated carbocycles. The third kappa shape index (κ3) is 3.96. The van der Waals surface area contributed by atoms with Crippen LogP contribution in [-0.2, 0) is 16.0 Å². The third-order valence-electron chi connectivity index (χ3n) is 3.15. The van der Waals surface area contributed by atoms with E-state index < -0.39 is 5.97 Å². The molecule has 0 aliphatic heterocycles. The van der Waals surface area contributed by atoms with E-state index in [-0.39, 0.29) is 12.3 Å². The molecule has 5 nitrogen and oxygen atoms in total. The maximum atomic E-state index is 12.1. The molecule has 7 heteroatoms. The standard InChI is InChI=1S/C13H18N2O3S2/c1-3-15(9-4-5-9)11(16)7-19-13-14-8(2)10(20-13)6-12(17)18/h9H,3-7H2,1-2H3,(H,17,18). The molecular formula is C13H18N2O3S2. The Kier molecular flexibility index (Phi) is 5.04. The molecule has 1 aliphatic rings. The molecule has 20 heavy (non-hydrogen) atoms. The zero-order valence-corrected chi connectivity index (χ0v) is 13.2. The van der Waals surface area contributed by atoms with E-state index in [0.717, 1.165) is 34.3 Å². The lowest BCUT2D eigenvalue weighted by molar-refractivity contribution is -0.136. The molecule has 1 aromatic heterocycles. The van der Waals surface area contributed by atoms with Crippen molar-refractivity contribution in [3.63, 3.8) is 0 Å². The summed E-state index contributed by atoms with van der Waals surface area (Å²) in [5, 5.41) is 8.80. The van der Waals surface area contributed by atoms with Crippen LogP contribution >= 0.6 is 23.1 Å². The topological polar surface area (TPSA) is 70.5 Å². The number of hydrogen-bond acceptors (Lipinski definition) is 5. The van der Waals surface area contributed by atoms with Gasteiger partial charge in [0, 0.05) is 17.5 Å². The van der Waals surface area contributed by atoms with Gasteiger partial charge in [0.15, 0.2) is 4.34 Å². The molecule has 0 unspecified atom stereocenters. The van der Waals surface area contributed by atoms with Crippen molar-refractivity contribution < 1.29 is 14.7 Å². The first-order chi connectivity index (χ1) is 9.51. The quantitative estimate of drug-likeness (QED) is 0.781. The number of aryl methyl sites for hydroxylation is 1. The third-order valence-corrected chi connectivity index (χ3v) is 5.44. The maximum absolute atomic E-state index is 12.1. The van der Waals surface area contributed by atoms with Crippen molar-refractivity contribution in [1.29, 1.82) is 0 Å². The van der Waals surface area contributed by atoms with E-state index in [1.807, 2.05) is 18.7 Å². The normalized spacial score (nSPS) is 14.3. The Balaban J connectivity index is 1.90. The summed E-state index contributed by atoms with van der Waals surface area (Å²) in [4.78, 5) is 29.8. The Morgan fingerprint density at radius 2 is 2.20 bits per heavy atom. The summed E-state index contributed by atoms with van der Waals surface area (Å²) in [7, 11) is 0. The molecule has 1 aromatic rings. The molecular weight excluding hydrogens is 296 g/mol. The Morgan fingerprint density at radius 3 is 2.75 bits per heavy atom. The molecule has 0 spiro atoms. The molecule has 1 N–H and O–H groups in total. The smallest absolute Gasteiger partial charge is 0.308 e. The van der Waals surface area contributed by atoms with Crippen LogP contribution in [0.3, 0.4) is 0 Å². The average Bonchev–Trinajstić information content (AvgIpc) is 3.14. The highest BCUT2D eigenvalue weighted by Crippen LogP contribution is 2.30. The monoisotopic (exact) mass is 314 g/mol. The second kappa shape index (κ2) is 6.58. The number of aliphatic carboxylic acids is 1. The Morgan fingerprint density at radius 1 is 1.50 bits per heavy atom. The summed E-state index contributed by atoms with van der Waals surface area (Å²) >= 11 is 2.78. The zero-order valence-electron chi connectivity index (χ0n) is 11.6. The molecule has 0 saturated heterocycles. The van der Waals surface area contributed by atoms with Crippen molar-refractivity contribution in [3.05, 3.63) is 10.6 Å². The molecule has 1 fully saturated rings. The van der Waals surface area contributed by atoms with Crippen LogP contribution in [0.5, 0.6) is 0 Å². The lowest BCUT2D eigenvalue weighted by Crippen LogP contribution is -2.34. The Labute approximate surface area is 126 Å². The predicted octanol–water partition coefficient (Wildman–Crippen LogP) is 2.18. The van der Waals surface area contributed by atoms with Crippen molar-refractivity contribution in [3.8, 4) is 0 Å². The van der Waals surface area contributed by atoms with Gasteiger partial charge in [-0.05, 0) is 26.7 Å². The minimum atomic E-state index is -0.852. The fourth-order valence-corrected chi connectivity index (χ4v) is 4.11. The average molecular weight is 314 g/mol. The molecule has 0 bridgehead atoms. The maximum Gasteiger partial charge on any atom is 0.308 e. The number of hydrogen-bond donors (Lipinski definition) is 1. The van der Waals surface area contributed by atoms with Crippen LogP contribution < -0.4 is 0 Å². The van der Waals surface area contributed by atoms with E-state index in [1.54, 1.807) is 0 Å². The number of amides is 1. The van der Waals surface area contributed by atoms with Crippen molar-refractivity contribution in [2.45, 2.75) is 43.5 Å². The molecule has 0 atom stereocenters. The summed E-state index contributed by atoms with van der Waals surface area (Å²) in [6.45, 7) is 4.56. The van der Waals surface area contributed by atoms with Crippen LogP contribution in [0.15, 0.2) is 4.34 Å². The Hall–Kier alpha value is -1.08. The number of rotatable bonds is 7. The minimum Gasteiger partial charge on any atom is -0.481 e. The first kappa shape index (κ1) is 15.3. The first-order valence-electron chi connectivity index (χ1n) is 6.61. The van der Waals surface area contributed by atoms with Crippen molar-refractivity contribution in [2.24, 2.45) is 0 Å². The summed E-state index contributed by atoms with van der Waals surface area (Å²) in [6.07, 6.45) is 2.23. The first-order valence-corrected chi connectivity index (χ1v) is 8.41. The van der Waals surface area contributed by atoms with E-state index >= 15 is 0 Å². The van der Waals surface area contributed by atoms with Gasteiger partial charge in [-0.3, -0.25) is 9.59 Å². The van der Waals surface area contributed by atoms with Crippen molar-refractivity contribution in [1.82, 2.24) is 9.88 Å². The largest absolute Gasteiger partial charge is 0.481 e. The van der Waals surface area contributed by atoms with Gasteiger partial charge in [0.05, 0.1) is 17.9 Å². The number of carbonyl (C=O) groups excluding carboxylic acids is 1. The molecule has 1 amide bonds. The van der Waals surface area contributed by atoms with Crippen LogP contribution in [0.4, 0.5) is 0 Å². The number of nitrogens with zero attached hydrogens (tertiary/aromatic N) is 2. The number of aromatic nitrogens is 1. The number of thioether (sulfide) groups is 1. The fraction of sp³-hybridized carbons (Fsp3) is 0.615. The number of carboxylic acids is 1. The molecule has 0 radical (unpaired) electrons. The lowest BCUT2D eigenvalue weighted by Gasteiger charge is -2.19. The highest BCUT2D eigenvalue weighted by molar-refractivity contribution is 8.01. The zero-order chi connectivity index (χ0) is 14.7. The van der Waals surface area contributed by atoms with Gasteiger partial charge in [-0.2, -0.15) is 0 Å². The van der Waals surface area contributed by atoms with E-state index in [2.05, 4.69) is 4.98 Å².